The number of hydrogen-bond acceptors (Lipinski definition) is 7. The summed E-state index contributed by atoms with van der Waals surface area (Å²) in [6, 6.07) is 17.2. The molecule has 0 unspecified atom stereocenters. The number of carbonyl (C=O) groups excluding carboxylic acids is 1. The number of ether oxygens (including phenoxy) is 1. The molecule has 3 rings (SSSR count). The lowest BCUT2D eigenvalue weighted by Crippen LogP contribution is -2.17. The second kappa shape index (κ2) is 11.3. The van der Waals surface area contributed by atoms with Gasteiger partial charge in [-0.05, 0) is 36.4 Å². The van der Waals surface area contributed by atoms with Gasteiger partial charge in [-0.25, -0.2) is 18.4 Å². The third-order valence-corrected chi connectivity index (χ3v) is 5.06. The number of sulfonamides is 1. The molecule has 0 radical (unpaired) electrons. The Bertz CT molecular complexity index is 1330. The Morgan fingerprint density at radius 1 is 1.15 bits per heavy atom. The van der Waals surface area contributed by atoms with Crippen LogP contribution < -0.4 is 20.5 Å². The quantitative estimate of drug-likeness (QED) is 0.302. The molecule has 0 saturated heterocycles. The van der Waals surface area contributed by atoms with Gasteiger partial charge in [0.1, 0.15) is 12.4 Å². The van der Waals surface area contributed by atoms with Crippen LogP contribution in [-0.4, -0.2) is 31.8 Å². The van der Waals surface area contributed by atoms with Crippen LogP contribution in [0.3, 0.4) is 0 Å². The van der Waals surface area contributed by atoms with Gasteiger partial charge >= 0.3 is 0 Å². The van der Waals surface area contributed by atoms with Gasteiger partial charge in [0.2, 0.25) is 10.0 Å². The van der Waals surface area contributed by atoms with Crippen LogP contribution >= 0.6 is 11.6 Å². The second-order valence-corrected chi connectivity index (χ2v) is 9.21. The fourth-order valence-corrected chi connectivity index (χ4v) is 3.56. The molecule has 1 aromatic heterocycles. The van der Waals surface area contributed by atoms with Crippen LogP contribution in [0.5, 0.6) is 5.75 Å². The predicted octanol–water partition coefficient (Wildman–Crippen LogP) is 3.87. The van der Waals surface area contributed by atoms with Gasteiger partial charge in [-0.2, -0.15) is 0 Å². The van der Waals surface area contributed by atoms with E-state index in [1.165, 1.54) is 24.4 Å². The molecule has 2 aromatic carbocycles. The van der Waals surface area contributed by atoms with Gasteiger partial charge < -0.3 is 15.8 Å². The van der Waals surface area contributed by atoms with Crippen LogP contribution in [0.1, 0.15) is 5.56 Å². The predicted molar refractivity (Wildman–Crippen MR) is 134 cm³/mol. The minimum Gasteiger partial charge on any atom is -0.489 e. The van der Waals surface area contributed by atoms with Crippen molar-refractivity contribution in [3.8, 4) is 5.75 Å². The molecule has 34 heavy (non-hydrogen) atoms. The summed E-state index contributed by atoms with van der Waals surface area (Å²) >= 11 is 6.04. The number of carbonyl (C=O) groups is 1. The number of amides is 1. The Hall–Kier alpha value is -3.89. The summed E-state index contributed by atoms with van der Waals surface area (Å²) < 4.78 is 31.0. The number of nitrogens with zero attached hydrogens (tertiary/aromatic N) is 2. The number of nitrogens with one attached hydrogen (secondary N) is 2. The van der Waals surface area contributed by atoms with Gasteiger partial charge in [0, 0.05) is 34.9 Å². The average molecular weight is 500 g/mol. The van der Waals surface area contributed by atoms with Crippen LogP contribution in [0.15, 0.2) is 83.6 Å². The van der Waals surface area contributed by atoms with Crippen molar-refractivity contribution in [2.75, 3.05) is 16.3 Å². The van der Waals surface area contributed by atoms with E-state index in [0.717, 1.165) is 12.5 Å². The lowest BCUT2D eigenvalue weighted by Gasteiger charge is -2.10. The van der Waals surface area contributed by atoms with E-state index in [2.05, 4.69) is 20.0 Å². The van der Waals surface area contributed by atoms with Crippen molar-refractivity contribution >= 4 is 50.9 Å². The van der Waals surface area contributed by atoms with Crippen molar-refractivity contribution in [2.24, 2.45) is 10.7 Å². The Morgan fingerprint density at radius 3 is 2.59 bits per heavy atom. The Balaban J connectivity index is 1.72. The zero-order valence-corrected chi connectivity index (χ0v) is 19.7. The first-order chi connectivity index (χ1) is 16.2. The fraction of sp³-hybridized carbons (Fsp3) is 0.0870. The monoisotopic (exact) mass is 499 g/mol. The highest BCUT2D eigenvalue weighted by atomic mass is 35.5. The zero-order chi connectivity index (χ0) is 24.6. The molecular formula is C23H22ClN5O4S. The molecule has 4 N–H and O–H groups in total. The lowest BCUT2D eigenvalue weighted by atomic mass is 10.2. The summed E-state index contributed by atoms with van der Waals surface area (Å²) in [4.78, 5) is 21.2. The maximum absolute atomic E-state index is 12.7. The minimum absolute atomic E-state index is 0.0539. The van der Waals surface area contributed by atoms with E-state index < -0.39 is 15.9 Å². The fourth-order valence-electron chi connectivity index (χ4n) is 2.78. The third kappa shape index (κ3) is 7.61. The van der Waals surface area contributed by atoms with Crippen molar-refractivity contribution in [3.05, 3.63) is 89.2 Å². The summed E-state index contributed by atoms with van der Waals surface area (Å²) in [5.41, 5.74) is 6.87. The van der Waals surface area contributed by atoms with Crippen LogP contribution in [0, 0.1) is 0 Å². The van der Waals surface area contributed by atoms with Crippen molar-refractivity contribution in [2.45, 2.75) is 6.61 Å². The number of aliphatic imine (C=N–C) groups is 1. The molecule has 0 bridgehead atoms. The highest BCUT2D eigenvalue weighted by Crippen LogP contribution is 2.24. The average Bonchev–Trinajstić information content (AvgIpc) is 2.78. The molecule has 0 aliphatic heterocycles. The van der Waals surface area contributed by atoms with E-state index >= 15 is 0 Å². The number of rotatable bonds is 9. The number of hydrogen-bond donors (Lipinski definition) is 3. The minimum atomic E-state index is -3.52. The van der Waals surface area contributed by atoms with Gasteiger partial charge in [-0.3, -0.25) is 9.52 Å². The summed E-state index contributed by atoms with van der Waals surface area (Å²) in [6.07, 6.45) is 4.97. The van der Waals surface area contributed by atoms with Gasteiger partial charge in [0.05, 0.1) is 17.5 Å². The number of nitrogens with two attached hydrogens (primary N) is 1. The first kappa shape index (κ1) is 24.7. The number of para-hydroxylation sites is 1. The standard InChI is InChI=1S/C23H22ClN5O4S/c1-34(31,32)29-20-11-18(24)10-19(12-20)28-23(30)17(13-25)14-27-22-16(6-5-9-26-22)15-33-21-7-3-2-4-8-21/h2-14,29H,15,25H2,1H3,(H,28,30)/b17-13-,27-14-. The van der Waals surface area contributed by atoms with Gasteiger partial charge in [-0.1, -0.05) is 35.9 Å². The van der Waals surface area contributed by atoms with Gasteiger partial charge in [-0.15, -0.1) is 0 Å². The summed E-state index contributed by atoms with van der Waals surface area (Å²) in [5, 5.41) is 2.84. The van der Waals surface area contributed by atoms with Gasteiger partial charge in [0.25, 0.3) is 5.91 Å². The normalized spacial score (nSPS) is 11.9. The first-order valence-corrected chi connectivity index (χ1v) is 12.2. The molecule has 0 saturated carbocycles. The third-order valence-electron chi connectivity index (χ3n) is 4.23. The molecule has 11 heteroatoms. The van der Waals surface area contributed by atoms with E-state index in [4.69, 9.17) is 22.1 Å². The van der Waals surface area contributed by atoms with Crippen LogP contribution in [0.2, 0.25) is 5.02 Å². The highest BCUT2D eigenvalue weighted by molar-refractivity contribution is 7.92. The van der Waals surface area contributed by atoms with Crippen molar-refractivity contribution in [1.82, 2.24) is 4.98 Å². The molecule has 1 heterocycles. The molecule has 0 aliphatic carbocycles. The maximum Gasteiger partial charge on any atom is 0.258 e. The topological polar surface area (TPSA) is 136 Å². The smallest absolute Gasteiger partial charge is 0.258 e. The number of aromatic nitrogens is 1. The molecular weight excluding hydrogens is 478 g/mol. The van der Waals surface area contributed by atoms with E-state index in [9.17, 15) is 13.2 Å². The molecule has 0 spiro atoms. The van der Waals surface area contributed by atoms with E-state index in [0.29, 0.717) is 17.1 Å². The van der Waals surface area contributed by atoms with Crippen molar-refractivity contribution in [3.63, 3.8) is 0 Å². The highest BCUT2D eigenvalue weighted by Gasteiger charge is 2.11. The van der Waals surface area contributed by atoms with Gasteiger partial charge in [0.15, 0.2) is 5.82 Å². The molecule has 176 valence electrons. The first-order valence-electron chi connectivity index (χ1n) is 9.91. The zero-order valence-electron chi connectivity index (χ0n) is 18.1. The molecule has 9 nitrogen and oxygen atoms in total. The number of anilines is 2. The van der Waals surface area contributed by atoms with E-state index in [1.807, 2.05) is 36.4 Å². The molecule has 0 fully saturated rings. The Kier molecular flexibility index (Phi) is 8.23. The summed E-state index contributed by atoms with van der Waals surface area (Å²) in [5.74, 6) is 0.499. The van der Waals surface area contributed by atoms with Crippen LogP contribution in [0.25, 0.3) is 0 Å². The van der Waals surface area contributed by atoms with Crippen molar-refractivity contribution in [1.29, 1.82) is 0 Å². The van der Waals surface area contributed by atoms with E-state index in [1.54, 1.807) is 12.3 Å². The largest absolute Gasteiger partial charge is 0.489 e. The number of halogens is 1. The molecule has 0 atom stereocenters. The second-order valence-electron chi connectivity index (χ2n) is 7.03. The lowest BCUT2D eigenvalue weighted by molar-refractivity contribution is -0.112. The summed E-state index contributed by atoms with van der Waals surface area (Å²) in [7, 11) is -3.52. The molecule has 3 aromatic rings. The Morgan fingerprint density at radius 2 is 1.88 bits per heavy atom. The SMILES string of the molecule is CS(=O)(=O)Nc1cc(Cl)cc(NC(=O)C(/C=N\c2ncccc2COc2ccccc2)=C\N)c1. The van der Waals surface area contributed by atoms with Crippen LogP contribution in [-0.2, 0) is 21.4 Å². The Labute approximate surface area is 202 Å². The number of benzene rings is 2. The maximum atomic E-state index is 12.7. The van der Waals surface area contributed by atoms with Crippen molar-refractivity contribution < 1.29 is 17.9 Å². The molecule has 0 aliphatic rings. The number of pyridine rings is 1. The molecule has 1 amide bonds. The van der Waals surface area contributed by atoms with Crippen LogP contribution in [0.4, 0.5) is 17.2 Å². The van der Waals surface area contributed by atoms with E-state index in [-0.39, 0.29) is 28.6 Å². The summed E-state index contributed by atoms with van der Waals surface area (Å²) in [6.45, 7) is 0.233.